The normalized spacial score (nSPS) is 12.7. The van der Waals surface area contributed by atoms with Gasteiger partial charge in [0.05, 0.1) is 0 Å². The van der Waals surface area contributed by atoms with E-state index in [1.54, 1.807) is 19.1 Å². The lowest BCUT2D eigenvalue weighted by molar-refractivity contribution is -0.161. The fraction of sp³-hybridized carbons (Fsp3) is 0.400. The molecule has 1 unspecified atom stereocenters. The molecule has 0 radical (unpaired) electrons. The Morgan fingerprint density at radius 3 is 2.22 bits per heavy atom. The zero-order valence-corrected chi connectivity index (χ0v) is 11.4. The Balaban J connectivity index is 2.78. The minimum Gasteiger partial charge on any atom is -0.474 e. The number of rotatable bonds is 4. The lowest BCUT2D eigenvalue weighted by Gasteiger charge is -2.24. The van der Waals surface area contributed by atoms with Crippen molar-refractivity contribution in [2.24, 2.45) is 0 Å². The second-order valence-electron chi connectivity index (χ2n) is 5.19. The molecule has 0 aliphatic heterocycles. The highest BCUT2D eigenvalue weighted by molar-refractivity contribution is 5.78. The van der Waals surface area contributed by atoms with E-state index in [1.807, 2.05) is 39.0 Å². The molecule has 0 spiro atoms. The average Bonchev–Trinajstić information content (AvgIpc) is 2.24. The van der Waals surface area contributed by atoms with E-state index in [0.717, 1.165) is 0 Å². The first-order valence-electron chi connectivity index (χ1n) is 5.89. The summed E-state index contributed by atoms with van der Waals surface area (Å²) >= 11 is 0. The topological polar surface area (TPSA) is 35.5 Å². The van der Waals surface area contributed by atoms with E-state index < -0.39 is 17.7 Å². The van der Waals surface area contributed by atoms with E-state index >= 15 is 0 Å². The first kappa shape index (κ1) is 14.3. The van der Waals surface area contributed by atoms with E-state index in [-0.39, 0.29) is 0 Å². The summed E-state index contributed by atoms with van der Waals surface area (Å²) in [7, 11) is 0. The second-order valence-corrected chi connectivity index (χ2v) is 5.19. The molecular weight excluding hydrogens is 228 g/mol. The number of esters is 1. The van der Waals surface area contributed by atoms with Crippen LogP contribution in [0.15, 0.2) is 42.5 Å². The Hall–Kier alpha value is -1.77. The molecule has 0 aliphatic rings. The van der Waals surface area contributed by atoms with Gasteiger partial charge in [0.1, 0.15) is 11.4 Å². The van der Waals surface area contributed by atoms with E-state index in [9.17, 15) is 4.79 Å². The molecule has 1 aromatic rings. The molecule has 0 N–H and O–H groups in total. The van der Waals surface area contributed by atoms with Gasteiger partial charge >= 0.3 is 5.97 Å². The van der Waals surface area contributed by atoms with E-state index in [0.29, 0.717) is 11.3 Å². The summed E-state index contributed by atoms with van der Waals surface area (Å²) in [5.74, 6) is 0.204. The van der Waals surface area contributed by atoms with Crippen LogP contribution in [-0.4, -0.2) is 17.7 Å². The molecule has 1 atom stereocenters. The Morgan fingerprint density at radius 2 is 1.78 bits per heavy atom. The molecule has 3 nitrogen and oxygen atoms in total. The highest BCUT2D eigenvalue weighted by atomic mass is 16.6. The summed E-state index contributed by atoms with van der Waals surface area (Å²) in [6.07, 6.45) is -0.772. The smallest absolute Gasteiger partial charge is 0.352 e. The van der Waals surface area contributed by atoms with Gasteiger partial charge in [0, 0.05) is 0 Å². The minimum absolute atomic E-state index is 0.418. The van der Waals surface area contributed by atoms with Crippen molar-refractivity contribution < 1.29 is 14.3 Å². The third-order valence-electron chi connectivity index (χ3n) is 2.07. The molecule has 0 aromatic heterocycles. The monoisotopic (exact) mass is 248 g/mol. The van der Waals surface area contributed by atoms with E-state index in [1.165, 1.54) is 0 Å². The summed E-state index contributed by atoms with van der Waals surface area (Å²) in [6.45, 7) is 11.0. The van der Waals surface area contributed by atoms with Gasteiger partial charge in [-0.05, 0) is 45.4 Å². The highest BCUT2D eigenvalue weighted by Gasteiger charge is 2.27. The van der Waals surface area contributed by atoms with Crippen molar-refractivity contribution >= 4 is 5.97 Å². The molecule has 1 aromatic carbocycles. The van der Waals surface area contributed by atoms with Gasteiger partial charge in [-0.3, -0.25) is 0 Å². The Bertz CT molecular complexity index is 415. The second kappa shape index (κ2) is 5.71. The molecule has 0 heterocycles. The van der Waals surface area contributed by atoms with Crippen LogP contribution < -0.4 is 4.74 Å². The van der Waals surface area contributed by atoms with Gasteiger partial charge in [-0.25, -0.2) is 4.79 Å². The van der Waals surface area contributed by atoms with Crippen LogP contribution >= 0.6 is 0 Å². The number of benzene rings is 1. The van der Waals surface area contributed by atoms with Crippen molar-refractivity contribution in [3.05, 3.63) is 42.5 Å². The Kier molecular flexibility index (Phi) is 4.54. The fourth-order valence-electron chi connectivity index (χ4n) is 1.34. The number of para-hydroxylation sites is 1. The molecule has 0 amide bonds. The molecule has 1 rings (SSSR count). The van der Waals surface area contributed by atoms with Crippen molar-refractivity contribution in [1.82, 2.24) is 0 Å². The largest absolute Gasteiger partial charge is 0.474 e. The van der Waals surface area contributed by atoms with Crippen molar-refractivity contribution in [2.45, 2.75) is 39.4 Å². The number of carbonyl (C=O) groups excluding carboxylic acids is 1. The maximum Gasteiger partial charge on any atom is 0.352 e. The molecular formula is C15H20O3. The minimum atomic E-state index is -0.772. The van der Waals surface area contributed by atoms with Crippen LogP contribution in [0, 0.1) is 0 Å². The molecule has 0 bridgehead atoms. The first-order valence-corrected chi connectivity index (χ1v) is 5.89. The standard InChI is InChI=1S/C15H20O3/c1-11(2)13(14(16)18-15(3,4)5)17-12-9-7-6-8-10-12/h6-10,13H,1H2,2-5H3. The summed E-state index contributed by atoms with van der Waals surface area (Å²) in [5.41, 5.74) is 0.0817. The summed E-state index contributed by atoms with van der Waals surface area (Å²) in [5, 5.41) is 0. The van der Waals surface area contributed by atoms with Crippen LogP contribution in [0.5, 0.6) is 5.75 Å². The van der Waals surface area contributed by atoms with Crippen molar-refractivity contribution in [2.75, 3.05) is 0 Å². The van der Waals surface area contributed by atoms with Crippen LogP contribution in [0.1, 0.15) is 27.7 Å². The highest BCUT2D eigenvalue weighted by Crippen LogP contribution is 2.18. The predicted molar refractivity (Wildman–Crippen MR) is 71.5 cm³/mol. The van der Waals surface area contributed by atoms with E-state index in [4.69, 9.17) is 9.47 Å². The number of hydrogen-bond acceptors (Lipinski definition) is 3. The van der Waals surface area contributed by atoms with Gasteiger partial charge in [0.2, 0.25) is 6.10 Å². The maximum atomic E-state index is 12.0. The van der Waals surface area contributed by atoms with Crippen LogP contribution in [0.3, 0.4) is 0 Å². The molecule has 98 valence electrons. The van der Waals surface area contributed by atoms with Gasteiger partial charge in [-0.2, -0.15) is 0 Å². The van der Waals surface area contributed by atoms with Gasteiger partial charge in [0.25, 0.3) is 0 Å². The lowest BCUT2D eigenvalue weighted by atomic mass is 10.1. The fourth-order valence-corrected chi connectivity index (χ4v) is 1.34. The summed E-state index contributed by atoms with van der Waals surface area (Å²) < 4.78 is 10.9. The third-order valence-corrected chi connectivity index (χ3v) is 2.07. The van der Waals surface area contributed by atoms with Crippen LogP contribution in [-0.2, 0) is 9.53 Å². The maximum absolute atomic E-state index is 12.0. The van der Waals surface area contributed by atoms with Crippen LogP contribution in [0.2, 0.25) is 0 Å². The molecule has 0 fully saturated rings. The van der Waals surface area contributed by atoms with Gasteiger partial charge in [-0.15, -0.1) is 0 Å². The van der Waals surface area contributed by atoms with Crippen LogP contribution in [0.25, 0.3) is 0 Å². The van der Waals surface area contributed by atoms with Crippen molar-refractivity contribution in [1.29, 1.82) is 0 Å². The van der Waals surface area contributed by atoms with Gasteiger partial charge in [-0.1, -0.05) is 24.8 Å². The molecule has 3 heteroatoms. The van der Waals surface area contributed by atoms with Crippen molar-refractivity contribution in [3.8, 4) is 5.75 Å². The predicted octanol–water partition coefficient (Wildman–Crippen LogP) is 3.35. The average molecular weight is 248 g/mol. The zero-order valence-electron chi connectivity index (χ0n) is 11.4. The Labute approximate surface area is 108 Å². The number of hydrogen-bond donors (Lipinski definition) is 0. The lowest BCUT2D eigenvalue weighted by Crippen LogP contribution is -2.35. The van der Waals surface area contributed by atoms with Gasteiger partial charge in [0.15, 0.2) is 0 Å². The third kappa shape index (κ3) is 4.62. The molecule has 0 saturated carbocycles. The first-order chi connectivity index (χ1) is 8.29. The summed E-state index contributed by atoms with van der Waals surface area (Å²) in [4.78, 5) is 12.0. The summed E-state index contributed by atoms with van der Waals surface area (Å²) in [6, 6.07) is 9.16. The molecule has 18 heavy (non-hydrogen) atoms. The quantitative estimate of drug-likeness (QED) is 0.605. The van der Waals surface area contributed by atoms with Gasteiger partial charge < -0.3 is 9.47 Å². The SMILES string of the molecule is C=C(C)C(Oc1ccccc1)C(=O)OC(C)(C)C. The number of carbonyl (C=O) groups is 1. The van der Waals surface area contributed by atoms with E-state index in [2.05, 4.69) is 6.58 Å². The molecule has 0 saturated heterocycles. The zero-order chi connectivity index (χ0) is 13.8. The van der Waals surface area contributed by atoms with Crippen LogP contribution in [0.4, 0.5) is 0 Å². The number of ether oxygens (including phenoxy) is 2. The molecule has 0 aliphatic carbocycles. The Morgan fingerprint density at radius 1 is 1.22 bits per heavy atom. The van der Waals surface area contributed by atoms with Crippen molar-refractivity contribution in [3.63, 3.8) is 0 Å².